The van der Waals surface area contributed by atoms with E-state index in [1.807, 2.05) is 0 Å². The SMILES string of the molecule is ClP(Cl)(Cl)(Cl)c1ccccn1. The molecule has 62 valence electrons. The van der Waals surface area contributed by atoms with Crippen molar-refractivity contribution >= 4 is 54.4 Å². The second-order valence-electron chi connectivity index (χ2n) is 1.91. The Kier molecular flexibility index (Phi) is 2.59. The first-order valence-electron chi connectivity index (χ1n) is 2.67. The van der Waals surface area contributed by atoms with Crippen molar-refractivity contribution in [3.05, 3.63) is 24.4 Å². The molecule has 0 saturated carbocycles. The summed E-state index contributed by atoms with van der Waals surface area (Å²) in [6.45, 7) is 0. The van der Waals surface area contributed by atoms with Crippen molar-refractivity contribution in [3.63, 3.8) is 0 Å². The van der Waals surface area contributed by atoms with Crippen LogP contribution in [0.5, 0.6) is 0 Å². The van der Waals surface area contributed by atoms with Crippen LogP contribution in [0.1, 0.15) is 0 Å². The van der Waals surface area contributed by atoms with E-state index in [1.54, 1.807) is 18.2 Å². The van der Waals surface area contributed by atoms with Gasteiger partial charge in [-0.15, -0.1) is 0 Å². The maximum absolute atomic E-state index is 5.68. The van der Waals surface area contributed by atoms with Crippen LogP contribution >= 0.6 is 49.0 Å². The summed E-state index contributed by atoms with van der Waals surface area (Å²) in [6.07, 6.45) is 1.53. The van der Waals surface area contributed by atoms with Gasteiger partial charge in [0.2, 0.25) is 0 Å². The van der Waals surface area contributed by atoms with E-state index in [-0.39, 0.29) is 0 Å². The standard InChI is InChI=1S/C5H4Cl4NP/c6-11(7,8,9)5-3-1-2-4-10-5/h1-4H. The number of hydrogen-bond acceptors (Lipinski definition) is 1. The molecular weight excluding hydrogens is 247 g/mol. The van der Waals surface area contributed by atoms with Gasteiger partial charge in [0.15, 0.2) is 0 Å². The quantitative estimate of drug-likeness (QED) is 0.690. The molecule has 0 N–H and O–H groups in total. The predicted molar refractivity (Wildman–Crippen MR) is 54.2 cm³/mol. The summed E-state index contributed by atoms with van der Waals surface area (Å²) in [5.74, 6) is 0. The third kappa shape index (κ3) is 2.93. The fraction of sp³-hybridized carbons (Fsp3) is 0. The normalized spacial score (nSPS) is 15.5. The average molecular weight is 251 g/mol. The first-order valence-corrected chi connectivity index (χ1v) is 8.53. The van der Waals surface area contributed by atoms with Crippen LogP contribution in [0, 0.1) is 0 Å². The van der Waals surface area contributed by atoms with E-state index in [1.165, 1.54) is 6.20 Å². The fourth-order valence-electron chi connectivity index (χ4n) is 0.554. The van der Waals surface area contributed by atoms with E-state index in [0.717, 1.165) is 0 Å². The van der Waals surface area contributed by atoms with Crippen LogP contribution in [0.25, 0.3) is 0 Å². The molecule has 0 spiro atoms. The molecule has 1 nitrogen and oxygen atoms in total. The maximum atomic E-state index is 5.68. The molecule has 0 aliphatic carbocycles. The van der Waals surface area contributed by atoms with E-state index in [4.69, 9.17) is 45.0 Å². The summed E-state index contributed by atoms with van der Waals surface area (Å²) in [7, 11) is 0. The van der Waals surface area contributed by atoms with Crippen molar-refractivity contribution in [2.24, 2.45) is 0 Å². The first-order chi connectivity index (χ1) is 4.86. The van der Waals surface area contributed by atoms with Gasteiger partial charge >= 0.3 is 83.8 Å². The molecule has 0 aliphatic heterocycles. The van der Waals surface area contributed by atoms with Gasteiger partial charge in [0.1, 0.15) is 0 Å². The van der Waals surface area contributed by atoms with Crippen molar-refractivity contribution in [3.8, 4) is 0 Å². The van der Waals surface area contributed by atoms with E-state index in [2.05, 4.69) is 4.98 Å². The van der Waals surface area contributed by atoms with Gasteiger partial charge in [0, 0.05) is 0 Å². The Labute approximate surface area is 83.7 Å². The zero-order valence-corrected chi connectivity index (χ0v) is 9.13. The number of nitrogens with zero attached hydrogens (tertiary/aromatic N) is 1. The molecular formula is C5H4Cl4NP. The number of halogens is 4. The van der Waals surface area contributed by atoms with E-state index in [9.17, 15) is 0 Å². The van der Waals surface area contributed by atoms with Gasteiger partial charge in [-0.3, -0.25) is 0 Å². The average Bonchev–Trinajstić information content (AvgIpc) is 1.86. The Hall–Kier alpha value is 0.740. The Morgan fingerprint density at radius 3 is 2.00 bits per heavy atom. The molecule has 0 aromatic carbocycles. The van der Waals surface area contributed by atoms with Gasteiger partial charge in [-0.1, -0.05) is 0 Å². The van der Waals surface area contributed by atoms with Gasteiger partial charge in [-0.05, 0) is 0 Å². The molecule has 1 heterocycles. The predicted octanol–water partition coefficient (Wildman–Crippen LogP) is 3.88. The van der Waals surface area contributed by atoms with Crippen molar-refractivity contribution in [1.29, 1.82) is 0 Å². The van der Waals surface area contributed by atoms with Crippen molar-refractivity contribution in [1.82, 2.24) is 4.98 Å². The second kappa shape index (κ2) is 2.90. The number of aromatic nitrogens is 1. The third-order valence-electron chi connectivity index (χ3n) is 0.996. The summed E-state index contributed by atoms with van der Waals surface area (Å²) in [5.41, 5.74) is 0.324. The molecule has 0 radical (unpaired) electrons. The summed E-state index contributed by atoms with van der Waals surface area (Å²) in [4.78, 5) is 3.85. The number of hydrogen-bond donors (Lipinski definition) is 0. The van der Waals surface area contributed by atoms with Gasteiger partial charge in [-0.25, -0.2) is 0 Å². The minimum absolute atomic E-state index is 0.324. The van der Waals surface area contributed by atoms with Crippen LogP contribution in [0.4, 0.5) is 0 Å². The van der Waals surface area contributed by atoms with E-state index < -0.39 is 4.01 Å². The minimum atomic E-state index is -3.71. The topological polar surface area (TPSA) is 12.9 Å². The Morgan fingerprint density at radius 1 is 1.09 bits per heavy atom. The molecule has 0 fully saturated rings. The number of rotatable bonds is 1. The summed E-state index contributed by atoms with van der Waals surface area (Å²) >= 11 is 22.7. The van der Waals surface area contributed by atoms with Crippen LogP contribution in [0.2, 0.25) is 0 Å². The molecule has 11 heavy (non-hydrogen) atoms. The number of pyridine rings is 1. The summed E-state index contributed by atoms with van der Waals surface area (Å²) < 4.78 is -3.71. The van der Waals surface area contributed by atoms with Crippen LogP contribution < -0.4 is 5.44 Å². The van der Waals surface area contributed by atoms with Crippen LogP contribution in [0.3, 0.4) is 0 Å². The molecule has 1 rings (SSSR count). The Morgan fingerprint density at radius 2 is 1.73 bits per heavy atom. The Balaban J connectivity index is 3.14. The molecule has 0 aliphatic rings. The van der Waals surface area contributed by atoms with Crippen molar-refractivity contribution in [2.45, 2.75) is 0 Å². The third-order valence-corrected chi connectivity index (χ3v) is 4.03. The molecule has 0 bridgehead atoms. The molecule has 1 aromatic heterocycles. The van der Waals surface area contributed by atoms with Crippen LogP contribution in [-0.2, 0) is 0 Å². The molecule has 1 aromatic rings. The van der Waals surface area contributed by atoms with Gasteiger partial charge < -0.3 is 0 Å². The molecule has 0 saturated heterocycles. The van der Waals surface area contributed by atoms with Crippen molar-refractivity contribution in [2.75, 3.05) is 0 Å². The Bertz CT molecular complexity index is 245. The summed E-state index contributed by atoms with van der Waals surface area (Å²) in [5, 5.41) is 0. The van der Waals surface area contributed by atoms with E-state index in [0.29, 0.717) is 5.44 Å². The first kappa shape index (κ1) is 9.83. The van der Waals surface area contributed by atoms with Crippen molar-refractivity contribution < 1.29 is 0 Å². The van der Waals surface area contributed by atoms with Gasteiger partial charge in [0.05, 0.1) is 0 Å². The zero-order chi connectivity index (χ0) is 8.56. The monoisotopic (exact) mass is 249 g/mol. The van der Waals surface area contributed by atoms with Crippen LogP contribution in [-0.4, -0.2) is 4.98 Å². The summed E-state index contributed by atoms with van der Waals surface area (Å²) in [6, 6.07) is 5.05. The van der Waals surface area contributed by atoms with Gasteiger partial charge in [0.25, 0.3) is 0 Å². The molecule has 0 unspecified atom stereocenters. The van der Waals surface area contributed by atoms with Crippen LogP contribution in [0.15, 0.2) is 24.4 Å². The fourth-order valence-corrected chi connectivity index (χ4v) is 2.31. The molecule has 0 atom stereocenters. The second-order valence-corrected chi connectivity index (χ2v) is 15.0. The molecule has 6 heteroatoms. The van der Waals surface area contributed by atoms with E-state index >= 15 is 0 Å². The molecule has 0 amide bonds. The zero-order valence-electron chi connectivity index (χ0n) is 5.22. The van der Waals surface area contributed by atoms with Gasteiger partial charge in [-0.2, -0.15) is 0 Å².